The Morgan fingerprint density at radius 2 is 2.16 bits per heavy atom. The maximum Gasteiger partial charge on any atom is 0.255 e. The molecule has 7 heteroatoms. The van der Waals surface area contributed by atoms with Gasteiger partial charge in [0.05, 0.1) is 17.5 Å². The van der Waals surface area contributed by atoms with E-state index < -0.39 is 0 Å². The van der Waals surface area contributed by atoms with Gasteiger partial charge in [-0.15, -0.1) is 0 Å². The number of amides is 2. The van der Waals surface area contributed by atoms with Crippen molar-refractivity contribution in [2.45, 2.75) is 52.5 Å². The van der Waals surface area contributed by atoms with Crippen molar-refractivity contribution in [2.75, 3.05) is 13.1 Å². The van der Waals surface area contributed by atoms with Gasteiger partial charge >= 0.3 is 0 Å². The molecule has 1 saturated heterocycles. The summed E-state index contributed by atoms with van der Waals surface area (Å²) >= 11 is 0. The molecule has 0 radical (unpaired) electrons. The predicted molar refractivity (Wildman–Crippen MR) is 120 cm³/mol. The minimum absolute atomic E-state index is 0.0152. The Hall–Kier alpha value is -2.70. The van der Waals surface area contributed by atoms with E-state index in [0.717, 1.165) is 44.5 Å². The van der Waals surface area contributed by atoms with Crippen molar-refractivity contribution in [3.63, 3.8) is 0 Å². The zero-order valence-electron chi connectivity index (χ0n) is 18.7. The number of hydrogen-bond acceptors (Lipinski definition) is 4. The predicted octanol–water partition coefficient (Wildman–Crippen LogP) is 3.34. The second-order valence-electron chi connectivity index (χ2n) is 9.68. The smallest absolute Gasteiger partial charge is 0.255 e. The lowest BCUT2D eigenvalue weighted by atomic mass is 9.78. The third-order valence-electron chi connectivity index (χ3n) is 6.72. The molecule has 2 aromatic heterocycles. The average molecular weight is 424 g/mol. The number of aromatic nitrogens is 3. The second-order valence-corrected chi connectivity index (χ2v) is 9.68. The van der Waals surface area contributed by atoms with Gasteiger partial charge in [0.1, 0.15) is 5.52 Å². The highest BCUT2D eigenvalue weighted by Gasteiger charge is 2.35. The molecule has 2 N–H and O–H groups in total. The number of aromatic amines is 1. The first-order valence-corrected chi connectivity index (χ1v) is 11.4. The number of likely N-dealkylation sites (tertiary alicyclic amines) is 1. The third kappa shape index (κ3) is 4.81. The molecule has 0 bridgehead atoms. The summed E-state index contributed by atoms with van der Waals surface area (Å²) in [6.07, 6.45) is 8.79. The van der Waals surface area contributed by atoms with Gasteiger partial charge in [0, 0.05) is 25.3 Å². The van der Waals surface area contributed by atoms with Gasteiger partial charge in [0.25, 0.3) is 5.91 Å². The molecule has 1 aliphatic carbocycles. The molecule has 4 atom stereocenters. The van der Waals surface area contributed by atoms with E-state index in [1.54, 1.807) is 6.20 Å². The number of rotatable bonds is 7. The molecule has 3 heterocycles. The summed E-state index contributed by atoms with van der Waals surface area (Å²) in [7, 11) is 0. The van der Waals surface area contributed by atoms with Crippen LogP contribution in [0.2, 0.25) is 0 Å². The largest absolute Gasteiger partial charge is 0.349 e. The Balaban J connectivity index is 1.51. The van der Waals surface area contributed by atoms with Crippen LogP contribution in [0.5, 0.6) is 0 Å². The number of carbonyl (C=O) groups excluding carboxylic acids is 2. The normalized spacial score (nSPS) is 25.6. The summed E-state index contributed by atoms with van der Waals surface area (Å²) in [4.78, 5) is 39.1. The molecule has 2 aliphatic rings. The van der Waals surface area contributed by atoms with Crippen LogP contribution >= 0.6 is 0 Å². The minimum atomic E-state index is -0.0824. The van der Waals surface area contributed by atoms with Crippen molar-refractivity contribution in [3.05, 3.63) is 36.3 Å². The van der Waals surface area contributed by atoms with E-state index in [1.165, 1.54) is 6.08 Å². The highest BCUT2D eigenvalue weighted by Crippen LogP contribution is 2.32. The van der Waals surface area contributed by atoms with E-state index in [4.69, 9.17) is 4.98 Å². The molecule has 166 valence electrons. The summed E-state index contributed by atoms with van der Waals surface area (Å²) < 4.78 is 0. The number of carbonyl (C=O) groups is 2. The lowest BCUT2D eigenvalue weighted by Crippen LogP contribution is -2.44. The van der Waals surface area contributed by atoms with E-state index in [1.807, 2.05) is 11.1 Å². The van der Waals surface area contributed by atoms with Gasteiger partial charge in [-0.2, -0.15) is 0 Å². The van der Waals surface area contributed by atoms with E-state index >= 15 is 0 Å². The van der Waals surface area contributed by atoms with Crippen LogP contribution in [0.3, 0.4) is 0 Å². The minimum Gasteiger partial charge on any atom is -0.349 e. The maximum absolute atomic E-state index is 12.7. The van der Waals surface area contributed by atoms with Gasteiger partial charge in [-0.1, -0.05) is 27.4 Å². The standard InChI is InChI=1S/C24H33N5O2/c1-5-21(30)29-7-6-16(17(13-29)8-14(2)3)10-18-11-25-23-22(27-18)19(12-26-23)24(31)28-20-9-15(20)4/h5,11-12,14-17,20H,1,6-10,13H2,2-4H3,(H,25,26)(H,28,31)/t15-,16?,17-,20-/m1/s1. The van der Waals surface area contributed by atoms with Crippen LogP contribution < -0.4 is 5.32 Å². The van der Waals surface area contributed by atoms with Crippen LogP contribution in [0, 0.1) is 23.7 Å². The summed E-state index contributed by atoms with van der Waals surface area (Å²) in [5.74, 6) is 1.89. The number of H-pyrrole nitrogens is 1. The Labute approximate surface area is 183 Å². The Morgan fingerprint density at radius 3 is 2.84 bits per heavy atom. The van der Waals surface area contributed by atoms with Crippen LogP contribution in [-0.4, -0.2) is 50.8 Å². The Bertz CT molecular complexity index is 982. The molecule has 1 saturated carbocycles. The van der Waals surface area contributed by atoms with E-state index in [0.29, 0.717) is 40.4 Å². The van der Waals surface area contributed by atoms with E-state index in [-0.39, 0.29) is 17.9 Å². The fourth-order valence-electron chi connectivity index (χ4n) is 4.79. The van der Waals surface area contributed by atoms with Gasteiger partial charge in [0.2, 0.25) is 5.91 Å². The fourth-order valence-corrected chi connectivity index (χ4v) is 4.79. The number of nitrogens with one attached hydrogen (secondary N) is 2. The van der Waals surface area contributed by atoms with Crippen LogP contribution in [0.15, 0.2) is 25.0 Å². The molecular formula is C24H33N5O2. The molecule has 1 unspecified atom stereocenters. The molecule has 4 rings (SSSR count). The zero-order valence-corrected chi connectivity index (χ0v) is 18.7. The summed E-state index contributed by atoms with van der Waals surface area (Å²) in [5.41, 5.74) is 2.75. The first kappa shape index (κ1) is 21.5. The number of fused-ring (bicyclic) bond motifs is 1. The summed E-state index contributed by atoms with van der Waals surface area (Å²) in [6, 6.07) is 0.272. The molecule has 2 amide bonds. The first-order valence-electron chi connectivity index (χ1n) is 11.4. The van der Waals surface area contributed by atoms with Crippen molar-refractivity contribution >= 4 is 23.0 Å². The van der Waals surface area contributed by atoms with Crippen molar-refractivity contribution < 1.29 is 9.59 Å². The average Bonchev–Trinajstić information content (AvgIpc) is 3.26. The molecule has 2 aromatic rings. The second kappa shape index (κ2) is 8.81. The molecule has 31 heavy (non-hydrogen) atoms. The van der Waals surface area contributed by atoms with E-state index in [2.05, 4.69) is 42.6 Å². The van der Waals surface area contributed by atoms with Crippen LogP contribution in [0.25, 0.3) is 11.2 Å². The molecule has 2 fully saturated rings. The Morgan fingerprint density at radius 1 is 1.39 bits per heavy atom. The van der Waals surface area contributed by atoms with Crippen LogP contribution in [-0.2, 0) is 11.2 Å². The summed E-state index contributed by atoms with van der Waals surface area (Å²) in [6.45, 7) is 11.7. The first-order chi connectivity index (χ1) is 14.9. The molecule has 1 aliphatic heterocycles. The van der Waals surface area contributed by atoms with E-state index in [9.17, 15) is 9.59 Å². The Kier molecular flexibility index (Phi) is 6.12. The number of piperidine rings is 1. The molecular weight excluding hydrogens is 390 g/mol. The molecule has 0 spiro atoms. The van der Waals surface area contributed by atoms with Gasteiger partial charge in [0.15, 0.2) is 5.65 Å². The molecule has 7 nitrogen and oxygen atoms in total. The maximum atomic E-state index is 12.7. The SMILES string of the molecule is C=CC(=O)N1CCC(Cc2cnc3[nH]cc(C(=O)N[C@@H]4C[C@H]4C)c3n2)[C@H](CC(C)C)C1. The lowest BCUT2D eigenvalue weighted by Gasteiger charge is -2.39. The monoisotopic (exact) mass is 423 g/mol. The number of hydrogen-bond donors (Lipinski definition) is 2. The third-order valence-corrected chi connectivity index (χ3v) is 6.72. The zero-order chi connectivity index (χ0) is 22.1. The lowest BCUT2D eigenvalue weighted by molar-refractivity contribution is -0.128. The van der Waals surface area contributed by atoms with Crippen molar-refractivity contribution in [1.29, 1.82) is 0 Å². The van der Waals surface area contributed by atoms with Gasteiger partial charge in [-0.05, 0) is 55.4 Å². The fraction of sp³-hybridized carbons (Fsp3) is 0.583. The quantitative estimate of drug-likeness (QED) is 0.668. The van der Waals surface area contributed by atoms with Crippen molar-refractivity contribution in [1.82, 2.24) is 25.2 Å². The summed E-state index contributed by atoms with van der Waals surface area (Å²) in [5, 5.41) is 3.08. The topological polar surface area (TPSA) is 91.0 Å². The highest BCUT2D eigenvalue weighted by molar-refractivity contribution is 6.04. The van der Waals surface area contributed by atoms with Crippen molar-refractivity contribution in [2.24, 2.45) is 23.7 Å². The highest BCUT2D eigenvalue weighted by atomic mass is 16.2. The van der Waals surface area contributed by atoms with Crippen molar-refractivity contribution in [3.8, 4) is 0 Å². The van der Waals surface area contributed by atoms with Gasteiger partial charge < -0.3 is 15.2 Å². The van der Waals surface area contributed by atoms with Gasteiger partial charge in [-0.3, -0.25) is 9.59 Å². The van der Waals surface area contributed by atoms with Crippen LogP contribution in [0.1, 0.15) is 56.1 Å². The molecule has 0 aromatic carbocycles. The number of nitrogens with zero attached hydrogens (tertiary/aromatic N) is 3. The van der Waals surface area contributed by atoms with Crippen LogP contribution in [0.4, 0.5) is 0 Å². The van der Waals surface area contributed by atoms with Gasteiger partial charge in [-0.25, -0.2) is 9.97 Å².